The quantitative estimate of drug-likeness (QED) is 0.496. The van der Waals surface area contributed by atoms with Crippen molar-refractivity contribution in [3.63, 3.8) is 0 Å². The number of hydrogen-bond acceptors (Lipinski definition) is 3. The number of rotatable bonds is 3. The molecule has 0 heterocycles. The maximum atomic E-state index is 10.3. The van der Waals surface area contributed by atoms with E-state index < -0.39 is 11.3 Å². The van der Waals surface area contributed by atoms with E-state index in [1.165, 1.54) is 0 Å². The summed E-state index contributed by atoms with van der Waals surface area (Å²) >= 11 is -2.12. The maximum Gasteiger partial charge on any atom is 0.259 e. The summed E-state index contributed by atoms with van der Waals surface area (Å²) in [6.07, 6.45) is 0. The van der Waals surface area contributed by atoms with Crippen LogP contribution < -0.4 is 4.72 Å². The highest BCUT2D eigenvalue weighted by molar-refractivity contribution is 7.80. The lowest BCUT2D eigenvalue weighted by Gasteiger charge is -2.02. The van der Waals surface area contributed by atoms with Crippen molar-refractivity contribution >= 4 is 22.6 Å². The molecule has 6 heteroatoms. The molecule has 0 aromatic heterocycles. The lowest BCUT2D eigenvalue weighted by Crippen LogP contribution is -2.01. The first-order valence-corrected chi connectivity index (χ1v) is 4.18. The second kappa shape index (κ2) is 3.93. The Morgan fingerprint density at radius 2 is 2.17 bits per heavy atom. The topological polar surface area (TPSA) is 85.5 Å². The predicted molar refractivity (Wildman–Crippen MR) is 45.6 cm³/mol. The van der Waals surface area contributed by atoms with Crippen LogP contribution in [0.25, 0.3) is 0 Å². The van der Waals surface area contributed by atoms with Crippen LogP contribution in [-0.4, -0.2) is 8.76 Å². The number of hydrogen-bond donors (Lipinski definition) is 3. The van der Waals surface area contributed by atoms with E-state index in [2.05, 4.69) is 9.84 Å². The van der Waals surface area contributed by atoms with E-state index in [0.717, 1.165) is 0 Å². The van der Waals surface area contributed by atoms with Crippen molar-refractivity contribution in [1.29, 1.82) is 5.53 Å². The maximum absolute atomic E-state index is 10.3. The fourth-order valence-electron chi connectivity index (χ4n) is 0.752. The van der Waals surface area contributed by atoms with Gasteiger partial charge in [-0.1, -0.05) is 12.1 Å². The summed E-state index contributed by atoms with van der Waals surface area (Å²) < 4.78 is 21.1. The summed E-state index contributed by atoms with van der Waals surface area (Å²) in [5.41, 5.74) is 7.44. The van der Waals surface area contributed by atoms with Crippen molar-refractivity contribution in [3.05, 3.63) is 24.3 Å². The van der Waals surface area contributed by atoms with Crippen LogP contribution in [0, 0.1) is 5.53 Å². The van der Waals surface area contributed by atoms with Crippen molar-refractivity contribution in [2.24, 2.45) is 5.11 Å². The average molecular weight is 185 g/mol. The number of para-hydroxylation sites is 2. The van der Waals surface area contributed by atoms with Crippen molar-refractivity contribution in [2.45, 2.75) is 0 Å². The molecule has 1 atom stereocenters. The SMILES string of the molecule is N=Nc1ccccc1NS(=O)O. The van der Waals surface area contributed by atoms with E-state index in [1.54, 1.807) is 24.3 Å². The van der Waals surface area contributed by atoms with Crippen LogP contribution in [-0.2, 0) is 11.3 Å². The third-order valence-corrected chi connectivity index (χ3v) is 1.62. The molecule has 12 heavy (non-hydrogen) atoms. The molecule has 0 amide bonds. The fraction of sp³-hybridized carbons (Fsp3) is 0. The highest BCUT2D eigenvalue weighted by atomic mass is 32.2. The minimum Gasteiger partial charge on any atom is -0.289 e. The molecule has 64 valence electrons. The van der Waals surface area contributed by atoms with E-state index in [0.29, 0.717) is 11.4 Å². The lowest BCUT2D eigenvalue weighted by atomic mass is 10.3. The number of anilines is 1. The zero-order chi connectivity index (χ0) is 8.97. The van der Waals surface area contributed by atoms with Gasteiger partial charge in [-0.15, -0.1) is 0 Å². The van der Waals surface area contributed by atoms with Gasteiger partial charge in [0.15, 0.2) is 0 Å². The fourth-order valence-corrected chi connectivity index (χ4v) is 1.11. The highest BCUT2D eigenvalue weighted by Crippen LogP contribution is 2.23. The van der Waals surface area contributed by atoms with Gasteiger partial charge in [-0.3, -0.25) is 9.27 Å². The molecule has 0 bridgehead atoms. The first-order valence-electron chi connectivity index (χ1n) is 3.08. The molecular formula is C6H7N3O2S. The summed E-state index contributed by atoms with van der Waals surface area (Å²) in [5, 5.41) is 3.17. The number of nitrogens with zero attached hydrogens (tertiary/aromatic N) is 1. The van der Waals surface area contributed by atoms with Crippen LogP contribution in [0.3, 0.4) is 0 Å². The summed E-state index contributed by atoms with van der Waals surface area (Å²) in [6, 6.07) is 6.52. The number of nitrogens with one attached hydrogen (secondary N) is 2. The largest absolute Gasteiger partial charge is 0.289 e. The summed E-state index contributed by atoms with van der Waals surface area (Å²) in [5.74, 6) is 0. The smallest absolute Gasteiger partial charge is 0.259 e. The molecule has 0 fully saturated rings. The van der Waals surface area contributed by atoms with E-state index in [4.69, 9.17) is 10.1 Å². The molecule has 1 aromatic rings. The Labute approximate surface area is 71.7 Å². The highest BCUT2D eigenvalue weighted by Gasteiger charge is 2.00. The Balaban J connectivity index is 2.96. The summed E-state index contributed by atoms with van der Waals surface area (Å²) in [7, 11) is 0. The van der Waals surface area contributed by atoms with Gasteiger partial charge in [0.2, 0.25) is 0 Å². The molecule has 0 aliphatic rings. The zero-order valence-corrected chi connectivity index (χ0v) is 6.84. The van der Waals surface area contributed by atoms with Gasteiger partial charge in [0.1, 0.15) is 5.69 Å². The minimum absolute atomic E-state index is 0.333. The summed E-state index contributed by atoms with van der Waals surface area (Å²) in [4.78, 5) is 0. The van der Waals surface area contributed by atoms with Crippen LogP contribution >= 0.6 is 0 Å². The number of benzene rings is 1. The Bertz CT molecular complexity index is 315. The van der Waals surface area contributed by atoms with Crippen molar-refractivity contribution < 1.29 is 8.76 Å². The molecule has 3 N–H and O–H groups in total. The molecular weight excluding hydrogens is 178 g/mol. The van der Waals surface area contributed by atoms with E-state index in [9.17, 15) is 4.21 Å². The van der Waals surface area contributed by atoms with Gasteiger partial charge in [0, 0.05) is 0 Å². The van der Waals surface area contributed by atoms with E-state index in [1.807, 2.05) is 0 Å². The molecule has 0 aliphatic carbocycles. The van der Waals surface area contributed by atoms with Gasteiger partial charge in [-0.05, 0) is 12.1 Å². The molecule has 1 unspecified atom stereocenters. The second-order valence-corrected chi connectivity index (χ2v) is 2.68. The van der Waals surface area contributed by atoms with Gasteiger partial charge in [0.25, 0.3) is 11.3 Å². The van der Waals surface area contributed by atoms with Crippen LogP contribution in [0.4, 0.5) is 11.4 Å². The van der Waals surface area contributed by atoms with Crippen LogP contribution in [0.1, 0.15) is 0 Å². The summed E-state index contributed by atoms with van der Waals surface area (Å²) in [6.45, 7) is 0. The third kappa shape index (κ3) is 2.11. The molecule has 0 radical (unpaired) electrons. The molecule has 0 saturated carbocycles. The molecule has 5 nitrogen and oxygen atoms in total. The standard InChI is InChI=1S/C6H7N3O2S/c7-8-5-3-1-2-4-6(5)9-12(10)11/h1-4,7,9H,(H,10,11). The van der Waals surface area contributed by atoms with Gasteiger partial charge < -0.3 is 0 Å². The monoisotopic (exact) mass is 185 g/mol. The minimum atomic E-state index is -2.12. The first kappa shape index (κ1) is 8.82. The van der Waals surface area contributed by atoms with Crippen molar-refractivity contribution in [1.82, 2.24) is 0 Å². The third-order valence-electron chi connectivity index (χ3n) is 1.22. The normalized spacial score (nSPS) is 12.1. The van der Waals surface area contributed by atoms with E-state index in [-0.39, 0.29) is 0 Å². The zero-order valence-electron chi connectivity index (χ0n) is 6.02. The van der Waals surface area contributed by atoms with Crippen LogP contribution in [0.15, 0.2) is 29.4 Å². The lowest BCUT2D eigenvalue weighted by molar-refractivity contribution is 0.570. The van der Waals surface area contributed by atoms with Gasteiger partial charge in [-0.2, -0.15) is 5.11 Å². The van der Waals surface area contributed by atoms with Gasteiger partial charge in [0.05, 0.1) is 5.69 Å². The van der Waals surface area contributed by atoms with Gasteiger partial charge >= 0.3 is 0 Å². The Kier molecular flexibility index (Phi) is 2.89. The van der Waals surface area contributed by atoms with Crippen LogP contribution in [0.5, 0.6) is 0 Å². The molecule has 0 aliphatic heterocycles. The Morgan fingerprint density at radius 1 is 1.50 bits per heavy atom. The van der Waals surface area contributed by atoms with Gasteiger partial charge in [-0.25, -0.2) is 9.74 Å². The molecule has 1 rings (SSSR count). The predicted octanol–water partition coefficient (Wildman–Crippen LogP) is 1.90. The Hall–Kier alpha value is -1.27. The van der Waals surface area contributed by atoms with Crippen LogP contribution in [0.2, 0.25) is 0 Å². The van der Waals surface area contributed by atoms with E-state index >= 15 is 0 Å². The first-order chi connectivity index (χ1) is 5.74. The average Bonchev–Trinajstić information content (AvgIpc) is 2.04. The van der Waals surface area contributed by atoms with Crippen molar-refractivity contribution in [2.75, 3.05) is 4.72 Å². The molecule has 0 spiro atoms. The Morgan fingerprint density at radius 3 is 2.75 bits per heavy atom. The molecule has 1 aromatic carbocycles. The second-order valence-electron chi connectivity index (χ2n) is 1.98. The molecule has 0 saturated heterocycles. The van der Waals surface area contributed by atoms with Crippen molar-refractivity contribution in [3.8, 4) is 0 Å².